The molecule has 0 saturated heterocycles. The Morgan fingerprint density at radius 3 is 2.63 bits per heavy atom. The van der Waals surface area contributed by atoms with E-state index in [1.165, 1.54) is 0 Å². The fourth-order valence-electron chi connectivity index (χ4n) is 1.58. The molecule has 2 aromatic rings. The predicted molar refractivity (Wildman–Crippen MR) is 77.1 cm³/mol. The fraction of sp³-hybridized carbons (Fsp3) is 0.143. The number of ether oxygens (including phenoxy) is 1. The molecule has 0 amide bonds. The van der Waals surface area contributed by atoms with Crippen molar-refractivity contribution in [2.45, 2.75) is 6.92 Å². The number of benzene rings is 2. The quantitative estimate of drug-likeness (QED) is 0.646. The van der Waals surface area contributed by atoms with E-state index in [0.29, 0.717) is 29.4 Å². The van der Waals surface area contributed by atoms with E-state index in [1.807, 2.05) is 31.2 Å². The number of nitrogen functional groups attached to an aromatic ring is 2. The zero-order chi connectivity index (χ0) is 13.7. The van der Waals surface area contributed by atoms with Crippen molar-refractivity contribution in [3.05, 3.63) is 42.5 Å². The number of azo groups is 1. The van der Waals surface area contributed by atoms with Gasteiger partial charge in [-0.1, -0.05) is 6.07 Å². The second-order valence-corrected chi connectivity index (χ2v) is 3.95. The summed E-state index contributed by atoms with van der Waals surface area (Å²) in [6.45, 7) is 2.55. The molecule has 98 valence electrons. The average Bonchev–Trinajstić information content (AvgIpc) is 2.38. The fourth-order valence-corrected chi connectivity index (χ4v) is 1.58. The zero-order valence-electron chi connectivity index (χ0n) is 10.7. The van der Waals surface area contributed by atoms with Gasteiger partial charge in [0, 0.05) is 11.8 Å². The molecule has 0 radical (unpaired) electrons. The van der Waals surface area contributed by atoms with Gasteiger partial charge in [0.15, 0.2) is 0 Å². The second kappa shape index (κ2) is 5.86. The van der Waals surface area contributed by atoms with Gasteiger partial charge in [-0.15, -0.1) is 5.11 Å². The highest BCUT2D eigenvalue weighted by Gasteiger charge is 1.98. The highest BCUT2D eigenvalue weighted by molar-refractivity contribution is 5.67. The van der Waals surface area contributed by atoms with Crippen LogP contribution in [0.4, 0.5) is 22.7 Å². The monoisotopic (exact) mass is 256 g/mol. The lowest BCUT2D eigenvalue weighted by atomic mass is 10.2. The average molecular weight is 256 g/mol. The van der Waals surface area contributed by atoms with E-state index in [1.54, 1.807) is 18.2 Å². The second-order valence-electron chi connectivity index (χ2n) is 3.95. The minimum atomic E-state index is 0.504. The minimum Gasteiger partial charge on any atom is -0.494 e. The summed E-state index contributed by atoms with van der Waals surface area (Å²) in [6, 6.07) is 12.5. The van der Waals surface area contributed by atoms with Crippen molar-refractivity contribution in [1.82, 2.24) is 0 Å². The Hall–Kier alpha value is -2.56. The standard InChI is InChI=1S/C14H16N4O/c1-2-19-12-5-3-4-11(9-12)17-18-14-7-6-10(15)8-13(14)16/h3-9H,2,15-16H2,1H3. The van der Waals surface area contributed by atoms with Gasteiger partial charge in [-0.3, -0.25) is 0 Å². The van der Waals surface area contributed by atoms with Gasteiger partial charge in [0.2, 0.25) is 0 Å². The molecule has 0 bridgehead atoms. The van der Waals surface area contributed by atoms with E-state index in [0.717, 1.165) is 5.75 Å². The maximum Gasteiger partial charge on any atom is 0.121 e. The molecule has 0 unspecified atom stereocenters. The molecular weight excluding hydrogens is 240 g/mol. The molecule has 0 fully saturated rings. The first kappa shape index (κ1) is 12.9. The number of nitrogens with two attached hydrogens (primary N) is 2. The molecule has 0 aliphatic carbocycles. The van der Waals surface area contributed by atoms with E-state index >= 15 is 0 Å². The molecule has 0 saturated carbocycles. The summed E-state index contributed by atoms with van der Waals surface area (Å²) < 4.78 is 5.40. The van der Waals surface area contributed by atoms with Gasteiger partial charge in [-0.05, 0) is 37.3 Å². The summed E-state index contributed by atoms with van der Waals surface area (Å²) in [5.41, 5.74) is 13.8. The van der Waals surface area contributed by atoms with Crippen molar-refractivity contribution >= 4 is 22.7 Å². The molecule has 19 heavy (non-hydrogen) atoms. The van der Waals surface area contributed by atoms with Crippen molar-refractivity contribution in [1.29, 1.82) is 0 Å². The molecule has 0 aliphatic rings. The van der Waals surface area contributed by atoms with Crippen molar-refractivity contribution in [2.24, 2.45) is 10.2 Å². The molecule has 0 heterocycles. The first-order valence-corrected chi connectivity index (χ1v) is 5.98. The van der Waals surface area contributed by atoms with Crippen LogP contribution >= 0.6 is 0 Å². The molecule has 5 heteroatoms. The third-order valence-corrected chi connectivity index (χ3v) is 2.45. The molecule has 5 nitrogen and oxygen atoms in total. The van der Waals surface area contributed by atoms with Crippen molar-refractivity contribution < 1.29 is 4.74 Å². The van der Waals surface area contributed by atoms with E-state index in [9.17, 15) is 0 Å². The summed E-state index contributed by atoms with van der Waals surface area (Å²) in [5.74, 6) is 0.768. The van der Waals surface area contributed by atoms with Crippen LogP contribution in [-0.4, -0.2) is 6.61 Å². The van der Waals surface area contributed by atoms with Crippen LogP contribution in [0.15, 0.2) is 52.7 Å². The molecule has 2 rings (SSSR count). The summed E-state index contributed by atoms with van der Waals surface area (Å²) in [4.78, 5) is 0. The smallest absolute Gasteiger partial charge is 0.121 e. The van der Waals surface area contributed by atoms with Crippen LogP contribution in [0.5, 0.6) is 5.75 Å². The Kier molecular flexibility index (Phi) is 3.97. The van der Waals surface area contributed by atoms with Crippen LogP contribution in [0.1, 0.15) is 6.92 Å². The van der Waals surface area contributed by atoms with E-state index in [2.05, 4.69) is 10.2 Å². The van der Waals surface area contributed by atoms with Crippen LogP contribution in [-0.2, 0) is 0 Å². The first-order chi connectivity index (χ1) is 9.19. The Balaban J connectivity index is 2.20. The molecule has 4 N–H and O–H groups in total. The lowest BCUT2D eigenvalue weighted by Crippen LogP contribution is -1.90. The molecular formula is C14H16N4O. The Morgan fingerprint density at radius 1 is 1.05 bits per heavy atom. The Bertz CT molecular complexity index is 596. The highest BCUT2D eigenvalue weighted by atomic mass is 16.5. The number of nitrogens with zero attached hydrogens (tertiary/aromatic N) is 2. The molecule has 0 aromatic heterocycles. The third kappa shape index (κ3) is 3.45. The van der Waals surface area contributed by atoms with Gasteiger partial charge in [0.05, 0.1) is 18.0 Å². The first-order valence-electron chi connectivity index (χ1n) is 5.98. The third-order valence-electron chi connectivity index (χ3n) is 2.45. The van der Waals surface area contributed by atoms with E-state index < -0.39 is 0 Å². The van der Waals surface area contributed by atoms with Crippen LogP contribution < -0.4 is 16.2 Å². The van der Waals surface area contributed by atoms with Gasteiger partial charge in [0.25, 0.3) is 0 Å². The van der Waals surface area contributed by atoms with Gasteiger partial charge < -0.3 is 16.2 Å². The Morgan fingerprint density at radius 2 is 1.89 bits per heavy atom. The summed E-state index contributed by atoms with van der Waals surface area (Å²) >= 11 is 0. The summed E-state index contributed by atoms with van der Waals surface area (Å²) in [7, 11) is 0. The van der Waals surface area contributed by atoms with Crippen LogP contribution in [0.25, 0.3) is 0 Å². The summed E-state index contributed by atoms with van der Waals surface area (Å²) in [6.07, 6.45) is 0. The van der Waals surface area contributed by atoms with E-state index in [4.69, 9.17) is 16.2 Å². The molecule has 2 aromatic carbocycles. The van der Waals surface area contributed by atoms with Gasteiger partial charge in [-0.2, -0.15) is 5.11 Å². The predicted octanol–water partition coefficient (Wildman–Crippen LogP) is 3.67. The largest absolute Gasteiger partial charge is 0.494 e. The molecule has 0 atom stereocenters. The maximum absolute atomic E-state index is 5.80. The van der Waals surface area contributed by atoms with Crippen LogP contribution in [0.3, 0.4) is 0 Å². The lowest BCUT2D eigenvalue weighted by Gasteiger charge is -2.03. The normalized spacial score (nSPS) is 10.8. The van der Waals surface area contributed by atoms with Crippen LogP contribution in [0.2, 0.25) is 0 Å². The van der Waals surface area contributed by atoms with Gasteiger partial charge in [-0.25, -0.2) is 0 Å². The minimum absolute atomic E-state index is 0.504. The highest BCUT2D eigenvalue weighted by Crippen LogP contribution is 2.27. The van der Waals surface area contributed by atoms with Crippen molar-refractivity contribution in [3.63, 3.8) is 0 Å². The number of hydrogen-bond acceptors (Lipinski definition) is 5. The van der Waals surface area contributed by atoms with E-state index in [-0.39, 0.29) is 0 Å². The van der Waals surface area contributed by atoms with Crippen molar-refractivity contribution in [2.75, 3.05) is 18.1 Å². The molecule has 0 aliphatic heterocycles. The van der Waals surface area contributed by atoms with Gasteiger partial charge in [0.1, 0.15) is 11.4 Å². The van der Waals surface area contributed by atoms with Gasteiger partial charge >= 0.3 is 0 Å². The number of hydrogen-bond donors (Lipinski definition) is 2. The number of rotatable bonds is 4. The SMILES string of the molecule is CCOc1cccc(N=Nc2ccc(N)cc2N)c1. The Labute approximate surface area is 111 Å². The lowest BCUT2D eigenvalue weighted by molar-refractivity contribution is 0.340. The summed E-state index contributed by atoms with van der Waals surface area (Å²) in [5, 5.41) is 8.24. The number of anilines is 2. The van der Waals surface area contributed by atoms with Crippen molar-refractivity contribution in [3.8, 4) is 5.75 Å². The van der Waals surface area contributed by atoms with Crippen LogP contribution in [0, 0.1) is 0 Å². The maximum atomic E-state index is 5.80. The zero-order valence-corrected chi connectivity index (χ0v) is 10.7. The topological polar surface area (TPSA) is 86.0 Å². The molecule has 0 spiro atoms.